The molecule has 0 radical (unpaired) electrons. The summed E-state index contributed by atoms with van der Waals surface area (Å²) in [6.07, 6.45) is 4.70. The molecule has 0 atom stereocenters. The van der Waals surface area contributed by atoms with Crippen molar-refractivity contribution in [1.82, 2.24) is 20.3 Å². The second-order valence-electron chi connectivity index (χ2n) is 5.20. The van der Waals surface area contributed by atoms with E-state index >= 15 is 0 Å². The van der Waals surface area contributed by atoms with Crippen molar-refractivity contribution in [2.45, 2.75) is 26.4 Å². The zero-order valence-corrected chi connectivity index (χ0v) is 13.5. The van der Waals surface area contributed by atoms with Gasteiger partial charge in [-0.1, -0.05) is 0 Å². The highest BCUT2D eigenvalue weighted by Gasteiger charge is 2.17. The molecule has 0 saturated carbocycles. The number of aliphatic hydroxyl groups is 1. The number of rotatable bonds is 6. The standard InChI is InChI=1S/C14H18N4O3S/c1-4-21-11-7-15-5-9(18-11)10-6-16-13(22-10)12(19)17-8-14(2,3)20/h5-7,20H,4,8H2,1-3H3,(H,17,19). The van der Waals surface area contributed by atoms with E-state index in [-0.39, 0.29) is 12.5 Å². The van der Waals surface area contributed by atoms with Crippen LogP contribution in [0, 0.1) is 0 Å². The van der Waals surface area contributed by atoms with Crippen LogP contribution >= 0.6 is 11.3 Å². The van der Waals surface area contributed by atoms with Crippen LogP contribution in [-0.2, 0) is 0 Å². The molecule has 8 heteroatoms. The summed E-state index contributed by atoms with van der Waals surface area (Å²) < 4.78 is 5.30. The molecule has 0 saturated heterocycles. The number of ether oxygens (including phenoxy) is 1. The third-order valence-corrected chi connectivity index (χ3v) is 3.56. The number of amides is 1. The van der Waals surface area contributed by atoms with Crippen LogP contribution in [0.3, 0.4) is 0 Å². The van der Waals surface area contributed by atoms with Crippen molar-refractivity contribution < 1.29 is 14.6 Å². The number of carbonyl (C=O) groups excluding carboxylic acids is 1. The van der Waals surface area contributed by atoms with E-state index in [9.17, 15) is 9.90 Å². The number of nitrogens with zero attached hydrogens (tertiary/aromatic N) is 3. The second kappa shape index (κ2) is 6.80. The number of hydrogen-bond donors (Lipinski definition) is 2. The molecule has 0 aliphatic rings. The van der Waals surface area contributed by atoms with Crippen molar-refractivity contribution in [2.24, 2.45) is 0 Å². The van der Waals surface area contributed by atoms with E-state index in [1.807, 2.05) is 6.92 Å². The second-order valence-corrected chi connectivity index (χ2v) is 6.23. The lowest BCUT2D eigenvalue weighted by molar-refractivity contribution is 0.0694. The molecule has 1 amide bonds. The number of aromatic nitrogens is 3. The third-order valence-electron chi connectivity index (χ3n) is 2.54. The molecule has 7 nitrogen and oxygen atoms in total. The normalized spacial score (nSPS) is 11.3. The monoisotopic (exact) mass is 322 g/mol. The molecule has 2 N–H and O–H groups in total. The maximum atomic E-state index is 12.0. The lowest BCUT2D eigenvalue weighted by atomic mass is 10.1. The topological polar surface area (TPSA) is 97.2 Å². The van der Waals surface area contributed by atoms with Crippen LogP contribution in [0.4, 0.5) is 0 Å². The van der Waals surface area contributed by atoms with Crippen molar-refractivity contribution in [3.05, 3.63) is 23.6 Å². The summed E-state index contributed by atoms with van der Waals surface area (Å²) in [4.78, 5) is 25.1. The lowest BCUT2D eigenvalue weighted by Crippen LogP contribution is -2.38. The fourth-order valence-electron chi connectivity index (χ4n) is 1.55. The van der Waals surface area contributed by atoms with Crippen LogP contribution in [0.1, 0.15) is 30.6 Å². The fraction of sp³-hybridized carbons (Fsp3) is 0.429. The molecule has 118 valence electrons. The Morgan fingerprint density at radius 2 is 2.18 bits per heavy atom. The highest BCUT2D eigenvalue weighted by molar-refractivity contribution is 7.16. The van der Waals surface area contributed by atoms with Crippen LogP contribution in [0.15, 0.2) is 18.6 Å². The van der Waals surface area contributed by atoms with Gasteiger partial charge in [-0.2, -0.15) is 0 Å². The minimum Gasteiger partial charge on any atom is -0.477 e. The van der Waals surface area contributed by atoms with Crippen LogP contribution in [0.2, 0.25) is 0 Å². The summed E-state index contributed by atoms with van der Waals surface area (Å²) in [7, 11) is 0. The molecule has 2 aromatic heterocycles. The highest BCUT2D eigenvalue weighted by atomic mass is 32.1. The first-order valence-corrected chi connectivity index (χ1v) is 7.62. The third kappa shape index (κ3) is 4.47. The van der Waals surface area contributed by atoms with Gasteiger partial charge in [0.2, 0.25) is 5.88 Å². The first-order chi connectivity index (χ1) is 10.4. The minimum atomic E-state index is -0.965. The Balaban J connectivity index is 2.11. The van der Waals surface area contributed by atoms with Gasteiger partial charge in [-0.15, -0.1) is 11.3 Å². The smallest absolute Gasteiger partial charge is 0.280 e. The van der Waals surface area contributed by atoms with Crippen LogP contribution in [-0.4, -0.2) is 44.7 Å². The average molecular weight is 322 g/mol. The van der Waals surface area contributed by atoms with Gasteiger partial charge in [0.25, 0.3) is 5.91 Å². The van der Waals surface area contributed by atoms with Crippen LogP contribution in [0.5, 0.6) is 5.88 Å². The molecule has 2 aromatic rings. The molecule has 22 heavy (non-hydrogen) atoms. The first-order valence-electron chi connectivity index (χ1n) is 6.80. The molecule has 0 spiro atoms. The Morgan fingerprint density at radius 1 is 1.41 bits per heavy atom. The predicted octanol–water partition coefficient (Wildman–Crippen LogP) is 1.50. The maximum Gasteiger partial charge on any atom is 0.280 e. The SMILES string of the molecule is CCOc1cncc(-c2cnc(C(=O)NCC(C)(C)O)s2)n1. The molecule has 0 fully saturated rings. The molecule has 0 bridgehead atoms. The number of nitrogens with one attached hydrogen (secondary N) is 1. The van der Waals surface area contributed by atoms with Crippen molar-refractivity contribution in [3.63, 3.8) is 0 Å². The Bertz CT molecular complexity index is 652. The van der Waals surface area contributed by atoms with E-state index in [1.165, 1.54) is 17.5 Å². The largest absolute Gasteiger partial charge is 0.477 e. The summed E-state index contributed by atoms with van der Waals surface area (Å²) in [5.41, 5.74) is -0.363. The van der Waals surface area contributed by atoms with Crippen molar-refractivity contribution >= 4 is 17.2 Å². The summed E-state index contributed by atoms with van der Waals surface area (Å²) >= 11 is 1.21. The summed E-state index contributed by atoms with van der Waals surface area (Å²) in [6.45, 7) is 5.77. The maximum absolute atomic E-state index is 12.0. The Hall–Kier alpha value is -2.06. The van der Waals surface area contributed by atoms with Gasteiger partial charge in [0.1, 0.15) is 5.69 Å². The van der Waals surface area contributed by atoms with Crippen molar-refractivity contribution in [2.75, 3.05) is 13.2 Å². The average Bonchev–Trinajstić information content (AvgIpc) is 2.94. The number of hydrogen-bond acceptors (Lipinski definition) is 7. The van der Waals surface area contributed by atoms with Crippen LogP contribution < -0.4 is 10.1 Å². The van der Waals surface area contributed by atoms with Crippen LogP contribution in [0.25, 0.3) is 10.6 Å². The Labute approximate surface area is 132 Å². The van der Waals surface area contributed by atoms with E-state index < -0.39 is 5.60 Å². The van der Waals surface area contributed by atoms with E-state index in [0.717, 1.165) is 4.88 Å². The van der Waals surface area contributed by atoms with Gasteiger partial charge >= 0.3 is 0 Å². The molecule has 0 aliphatic heterocycles. The molecule has 2 heterocycles. The zero-order chi connectivity index (χ0) is 16.2. The Kier molecular flexibility index (Phi) is 5.04. The van der Waals surface area contributed by atoms with Gasteiger partial charge in [-0.05, 0) is 20.8 Å². The van der Waals surface area contributed by atoms with Gasteiger partial charge in [-0.25, -0.2) is 9.97 Å². The zero-order valence-electron chi connectivity index (χ0n) is 12.7. The first kappa shape index (κ1) is 16.3. The van der Waals surface area contributed by atoms with Gasteiger partial charge in [-0.3, -0.25) is 9.78 Å². The Morgan fingerprint density at radius 3 is 2.86 bits per heavy atom. The van der Waals surface area contributed by atoms with E-state index in [2.05, 4.69) is 20.3 Å². The van der Waals surface area contributed by atoms with Gasteiger partial charge in [0.15, 0.2) is 5.01 Å². The fourth-order valence-corrected chi connectivity index (χ4v) is 2.34. The highest BCUT2D eigenvalue weighted by Crippen LogP contribution is 2.25. The number of carbonyl (C=O) groups is 1. The van der Waals surface area contributed by atoms with Gasteiger partial charge < -0.3 is 15.2 Å². The summed E-state index contributed by atoms with van der Waals surface area (Å²) in [5.74, 6) is 0.105. The van der Waals surface area contributed by atoms with E-state index in [0.29, 0.717) is 23.2 Å². The molecular formula is C14H18N4O3S. The molecule has 2 rings (SSSR count). The minimum absolute atomic E-state index is 0.153. The van der Waals surface area contributed by atoms with Gasteiger partial charge in [0, 0.05) is 12.7 Å². The van der Waals surface area contributed by atoms with E-state index in [1.54, 1.807) is 26.2 Å². The van der Waals surface area contributed by atoms with Crippen molar-refractivity contribution in [1.29, 1.82) is 0 Å². The van der Waals surface area contributed by atoms with E-state index in [4.69, 9.17) is 4.74 Å². The molecule has 0 aliphatic carbocycles. The quantitative estimate of drug-likeness (QED) is 0.836. The van der Waals surface area contributed by atoms with Gasteiger partial charge in [0.05, 0.1) is 29.5 Å². The molecule has 0 aromatic carbocycles. The summed E-state index contributed by atoms with van der Waals surface area (Å²) in [6, 6.07) is 0. The molecular weight excluding hydrogens is 304 g/mol. The lowest BCUT2D eigenvalue weighted by Gasteiger charge is -2.16. The predicted molar refractivity (Wildman–Crippen MR) is 82.9 cm³/mol. The number of thiazole rings is 1. The molecule has 0 unspecified atom stereocenters. The van der Waals surface area contributed by atoms with Crippen molar-refractivity contribution in [3.8, 4) is 16.5 Å². The summed E-state index contributed by atoms with van der Waals surface area (Å²) in [5, 5.41) is 12.6.